The van der Waals surface area contributed by atoms with Gasteiger partial charge in [0.25, 0.3) is 0 Å². The zero-order chi connectivity index (χ0) is 11.1. The normalized spacial score (nSPS) is 23.5. The summed E-state index contributed by atoms with van der Waals surface area (Å²) in [5.74, 6) is 1.55. The van der Waals surface area contributed by atoms with Gasteiger partial charge >= 0.3 is 6.04 Å². The van der Waals surface area contributed by atoms with Crippen LogP contribution in [0.5, 0.6) is 11.5 Å². The Labute approximate surface area is 89.0 Å². The van der Waals surface area contributed by atoms with Crippen LogP contribution in [0.3, 0.4) is 0 Å². The van der Waals surface area contributed by atoms with Gasteiger partial charge in [-0.25, -0.2) is 0 Å². The van der Waals surface area contributed by atoms with Crippen molar-refractivity contribution >= 4 is 0 Å². The zero-order valence-electron chi connectivity index (χ0n) is 9.21. The number of fused-ring (bicyclic) bond motifs is 1. The standard InChI is InChI=1S/C12H15FO2/c1-8(2)6-9-4-5-10-11(7-9)15-12(3,13)14-10/h4-5,7-8H,6H2,1-3H3. The molecule has 0 saturated carbocycles. The number of hydrogen-bond acceptors (Lipinski definition) is 2. The molecule has 1 heterocycles. The number of hydrogen-bond donors (Lipinski definition) is 0. The lowest BCUT2D eigenvalue weighted by Gasteiger charge is -2.10. The first-order valence-corrected chi connectivity index (χ1v) is 5.16. The molecule has 1 aliphatic heterocycles. The first kappa shape index (κ1) is 10.3. The third kappa shape index (κ3) is 2.22. The largest absolute Gasteiger partial charge is 0.423 e. The van der Waals surface area contributed by atoms with Gasteiger partial charge in [-0.1, -0.05) is 19.9 Å². The minimum absolute atomic E-state index is 0.479. The van der Waals surface area contributed by atoms with Gasteiger partial charge < -0.3 is 9.47 Å². The van der Waals surface area contributed by atoms with Gasteiger partial charge in [0.05, 0.1) is 0 Å². The van der Waals surface area contributed by atoms with E-state index >= 15 is 0 Å². The molecule has 1 unspecified atom stereocenters. The maximum absolute atomic E-state index is 13.4. The van der Waals surface area contributed by atoms with E-state index in [9.17, 15) is 4.39 Å². The quantitative estimate of drug-likeness (QED) is 0.745. The summed E-state index contributed by atoms with van der Waals surface area (Å²) >= 11 is 0. The van der Waals surface area contributed by atoms with Gasteiger partial charge in [-0.05, 0) is 30.0 Å². The van der Waals surface area contributed by atoms with E-state index in [0.717, 1.165) is 12.0 Å². The van der Waals surface area contributed by atoms with Crippen molar-refractivity contribution in [2.75, 3.05) is 0 Å². The molecule has 1 aromatic rings. The number of halogens is 1. The van der Waals surface area contributed by atoms with Crippen molar-refractivity contribution in [2.24, 2.45) is 5.92 Å². The fourth-order valence-corrected chi connectivity index (χ4v) is 1.73. The summed E-state index contributed by atoms with van der Waals surface area (Å²) in [6, 6.07) is 3.54. The molecule has 3 heteroatoms. The summed E-state index contributed by atoms with van der Waals surface area (Å²) in [7, 11) is 0. The molecule has 2 rings (SSSR count). The Morgan fingerprint density at radius 1 is 1.27 bits per heavy atom. The second-order valence-electron chi connectivity index (χ2n) is 4.42. The van der Waals surface area contributed by atoms with Crippen LogP contribution in [0.2, 0.25) is 0 Å². The maximum atomic E-state index is 13.4. The summed E-state index contributed by atoms with van der Waals surface area (Å²) in [5, 5.41) is 0. The van der Waals surface area contributed by atoms with Crippen LogP contribution >= 0.6 is 0 Å². The highest BCUT2D eigenvalue weighted by atomic mass is 19.2. The van der Waals surface area contributed by atoms with Crippen molar-refractivity contribution in [3.8, 4) is 11.5 Å². The Morgan fingerprint density at radius 2 is 1.93 bits per heavy atom. The molecule has 0 amide bonds. The maximum Gasteiger partial charge on any atom is 0.404 e. The number of ether oxygens (including phenoxy) is 2. The average molecular weight is 210 g/mol. The summed E-state index contributed by atoms with van der Waals surface area (Å²) in [5.41, 5.74) is 1.14. The summed E-state index contributed by atoms with van der Waals surface area (Å²) in [6.07, 6.45) is 0.958. The van der Waals surface area contributed by atoms with Gasteiger partial charge in [-0.3, -0.25) is 0 Å². The lowest BCUT2D eigenvalue weighted by Crippen LogP contribution is -2.27. The third-order valence-electron chi connectivity index (χ3n) is 2.24. The van der Waals surface area contributed by atoms with Crippen LogP contribution in [0.4, 0.5) is 4.39 Å². The predicted molar refractivity (Wildman–Crippen MR) is 55.8 cm³/mol. The molecule has 1 atom stereocenters. The van der Waals surface area contributed by atoms with Gasteiger partial charge in [0.1, 0.15) is 0 Å². The highest BCUT2D eigenvalue weighted by molar-refractivity contribution is 5.45. The lowest BCUT2D eigenvalue weighted by atomic mass is 10.0. The van der Waals surface area contributed by atoms with E-state index in [1.54, 1.807) is 6.07 Å². The van der Waals surface area contributed by atoms with Gasteiger partial charge in [0, 0.05) is 6.92 Å². The van der Waals surface area contributed by atoms with Crippen molar-refractivity contribution in [2.45, 2.75) is 33.2 Å². The van der Waals surface area contributed by atoms with E-state index in [0.29, 0.717) is 17.4 Å². The highest BCUT2D eigenvalue weighted by Gasteiger charge is 2.36. The smallest absolute Gasteiger partial charge is 0.404 e. The molecule has 82 valence electrons. The van der Waals surface area contributed by atoms with Crippen molar-refractivity contribution in [1.82, 2.24) is 0 Å². The minimum Gasteiger partial charge on any atom is -0.423 e. The molecule has 0 fully saturated rings. The molecule has 1 aromatic carbocycles. The molecule has 0 spiro atoms. The topological polar surface area (TPSA) is 18.5 Å². The fourth-order valence-electron chi connectivity index (χ4n) is 1.73. The Morgan fingerprint density at radius 3 is 2.60 bits per heavy atom. The Bertz CT molecular complexity index is 372. The SMILES string of the molecule is CC(C)Cc1ccc2c(c1)OC(C)(F)O2. The predicted octanol–water partition coefficient (Wildman–Crippen LogP) is 3.30. The lowest BCUT2D eigenvalue weighted by molar-refractivity contribution is -0.173. The van der Waals surface area contributed by atoms with Gasteiger partial charge in [-0.15, -0.1) is 0 Å². The monoisotopic (exact) mass is 210 g/mol. The molecule has 0 bridgehead atoms. The Balaban J connectivity index is 2.23. The molecule has 1 aliphatic rings. The molecular weight excluding hydrogens is 195 g/mol. The zero-order valence-corrected chi connectivity index (χ0v) is 9.21. The van der Waals surface area contributed by atoms with Crippen molar-refractivity contribution in [1.29, 1.82) is 0 Å². The molecule has 15 heavy (non-hydrogen) atoms. The van der Waals surface area contributed by atoms with E-state index in [1.165, 1.54) is 6.92 Å². The van der Waals surface area contributed by atoms with E-state index in [1.807, 2.05) is 12.1 Å². The van der Waals surface area contributed by atoms with Crippen LogP contribution in [0.15, 0.2) is 18.2 Å². The summed E-state index contributed by atoms with van der Waals surface area (Å²) in [4.78, 5) is 0. The molecule has 2 nitrogen and oxygen atoms in total. The molecular formula is C12H15FO2. The molecule has 0 radical (unpaired) electrons. The van der Waals surface area contributed by atoms with Gasteiger partial charge in [0.15, 0.2) is 11.5 Å². The fraction of sp³-hybridized carbons (Fsp3) is 0.500. The number of benzene rings is 1. The van der Waals surface area contributed by atoms with Crippen LogP contribution in [0, 0.1) is 5.92 Å². The van der Waals surface area contributed by atoms with E-state index in [-0.39, 0.29) is 0 Å². The van der Waals surface area contributed by atoms with E-state index < -0.39 is 6.04 Å². The molecule has 0 aromatic heterocycles. The second kappa shape index (κ2) is 3.40. The van der Waals surface area contributed by atoms with E-state index in [2.05, 4.69) is 13.8 Å². The van der Waals surface area contributed by atoms with Crippen LogP contribution in [-0.4, -0.2) is 6.04 Å². The third-order valence-corrected chi connectivity index (χ3v) is 2.24. The molecule has 0 saturated heterocycles. The number of alkyl halides is 1. The van der Waals surface area contributed by atoms with E-state index in [4.69, 9.17) is 9.47 Å². The highest BCUT2D eigenvalue weighted by Crippen LogP contribution is 2.40. The van der Waals surface area contributed by atoms with Crippen LogP contribution < -0.4 is 9.47 Å². The Kier molecular flexibility index (Phi) is 2.33. The molecule has 0 N–H and O–H groups in total. The first-order chi connectivity index (χ1) is 6.96. The summed E-state index contributed by atoms with van der Waals surface area (Å²) in [6.45, 7) is 5.54. The molecule has 0 aliphatic carbocycles. The van der Waals surface area contributed by atoms with Crippen LogP contribution in [0.25, 0.3) is 0 Å². The average Bonchev–Trinajstić information content (AvgIpc) is 2.36. The minimum atomic E-state index is -2.02. The Hall–Kier alpha value is -1.25. The van der Waals surface area contributed by atoms with Crippen LogP contribution in [-0.2, 0) is 6.42 Å². The summed E-state index contributed by atoms with van der Waals surface area (Å²) < 4.78 is 23.3. The first-order valence-electron chi connectivity index (χ1n) is 5.16. The van der Waals surface area contributed by atoms with Crippen molar-refractivity contribution < 1.29 is 13.9 Å². The second-order valence-corrected chi connectivity index (χ2v) is 4.42. The van der Waals surface area contributed by atoms with Crippen molar-refractivity contribution in [3.05, 3.63) is 23.8 Å². The van der Waals surface area contributed by atoms with Gasteiger partial charge in [-0.2, -0.15) is 4.39 Å². The van der Waals surface area contributed by atoms with Crippen molar-refractivity contribution in [3.63, 3.8) is 0 Å². The van der Waals surface area contributed by atoms with Gasteiger partial charge in [0.2, 0.25) is 0 Å². The van der Waals surface area contributed by atoms with Crippen LogP contribution in [0.1, 0.15) is 26.3 Å². The number of rotatable bonds is 2.